The number of aromatic nitrogens is 3. The van der Waals surface area contributed by atoms with Crippen LogP contribution in [0.3, 0.4) is 0 Å². The van der Waals surface area contributed by atoms with Crippen LogP contribution in [0.5, 0.6) is 0 Å². The summed E-state index contributed by atoms with van der Waals surface area (Å²) in [5.74, 6) is -0.194. The molecule has 2 heterocycles. The van der Waals surface area contributed by atoms with Crippen molar-refractivity contribution in [3.05, 3.63) is 51.6 Å². The highest BCUT2D eigenvalue weighted by atomic mass is 79.9. The first-order valence-corrected chi connectivity index (χ1v) is 8.75. The first-order chi connectivity index (χ1) is 11.1. The van der Waals surface area contributed by atoms with Crippen LogP contribution < -0.4 is 5.32 Å². The Morgan fingerprint density at radius 1 is 1.35 bits per heavy atom. The monoisotopic (exact) mass is 390 g/mol. The van der Waals surface area contributed by atoms with Crippen molar-refractivity contribution < 1.29 is 4.79 Å². The summed E-state index contributed by atoms with van der Waals surface area (Å²) < 4.78 is 2.74. The molecule has 2 aromatic heterocycles. The van der Waals surface area contributed by atoms with Gasteiger partial charge in [0.25, 0.3) is 5.91 Å². The second-order valence-electron chi connectivity index (χ2n) is 4.97. The Bertz CT molecular complexity index is 838. The highest BCUT2D eigenvalue weighted by Crippen LogP contribution is 2.31. The number of carbonyl (C=O) groups excluding carboxylic acids is 1. The van der Waals surface area contributed by atoms with E-state index in [0.717, 1.165) is 27.2 Å². The summed E-state index contributed by atoms with van der Waals surface area (Å²) in [5, 5.41) is 7.55. The summed E-state index contributed by atoms with van der Waals surface area (Å²) >= 11 is 4.89. The Morgan fingerprint density at radius 2 is 2.09 bits per heavy atom. The summed E-state index contributed by atoms with van der Waals surface area (Å²) in [5.41, 5.74) is 2.45. The third-order valence-corrected chi connectivity index (χ3v) is 4.77. The van der Waals surface area contributed by atoms with Crippen LogP contribution in [0.1, 0.15) is 22.2 Å². The lowest BCUT2D eigenvalue weighted by molar-refractivity contribution is 0.102. The molecule has 0 fully saturated rings. The lowest BCUT2D eigenvalue weighted by Gasteiger charge is -1.99. The molecule has 0 saturated heterocycles. The molecule has 5 nitrogen and oxygen atoms in total. The van der Waals surface area contributed by atoms with Crippen LogP contribution in [0.2, 0.25) is 0 Å². The van der Waals surface area contributed by atoms with E-state index >= 15 is 0 Å². The molecule has 1 aromatic carbocycles. The molecular formula is C16H15BrN4OS. The standard InChI is InChI=1S/C16H15BrN4OS/c1-3-21-9-12(8-18-21)15(22)20-16-19-14(10(2)23-16)11-4-6-13(17)7-5-11/h4-9H,3H2,1-2H3,(H,19,20,22). The van der Waals surface area contributed by atoms with Crippen molar-refractivity contribution in [3.8, 4) is 11.3 Å². The number of amides is 1. The second kappa shape index (κ2) is 6.64. The number of rotatable bonds is 4. The number of aryl methyl sites for hydroxylation is 2. The van der Waals surface area contributed by atoms with Crippen LogP contribution in [-0.2, 0) is 6.54 Å². The number of benzene rings is 1. The van der Waals surface area contributed by atoms with Gasteiger partial charge in [0.2, 0.25) is 0 Å². The van der Waals surface area contributed by atoms with Crippen LogP contribution in [-0.4, -0.2) is 20.7 Å². The number of halogens is 1. The molecule has 1 N–H and O–H groups in total. The quantitative estimate of drug-likeness (QED) is 0.720. The summed E-state index contributed by atoms with van der Waals surface area (Å²) in [6.07, 6.45) is 3.29. The van der Waals surface area contributed by atoms with Gasteiger partial charge >= 0.3 is 0 Å². The maximum absolute atomic E-state index is 12.2. The molecule has 0 aliphatic heterocycles. The minimum atomic E-state index is -0.194. The van der Waals surface area contributed by atoms with Gasteiger partial charge in [0.05, 0.1) is 17.5 Å². The Labute approximate surface area is 146 Å². The Morgan fingerprint density at radius 3 is 2.74 bits per heavy atom. The molecule has 0 aliphatic carbocycles. The van der Waals surface area contributed by atoms with E-state index in [-0.39, 0.29) is 5.91 Å². The van der Waals surface area contributed by atoms with Crippen LogP contribution in [0.4, 0.5) is 5.13 Å². The third kappa shape index (κ3) is 3.51. The summed E-state index contributed by atoms with van der Waals surface area (Å²) in [7, 11) is 0. The fourth-order valence-electron chi connectivity index (χ4n) is 2.15. The van der Waals surface area contributed by atoms with E-state index < -0.39 is 0 Å². The number of nitrogens with zero attached hydrogens (tertiary/aromatic N) is 3. The number of anilines is 1. The summed E-state index contributed by atoms with van der Waals surface area (Å²) in [6.45, 7) is 4.71. The molecule has 0 spiro atoms. The van der Waals surface area contributed by atoms with E-state index in [0.29, 0.717) is 10.7 Å². The molecule has 0 aliphatic rings. The fourth-order valence-corrected chi connectivity index (χ4v) is 3.24. The van der Waals surface area contributed by atoms with Gasteiger partial charge in [0.15, 0.2) is 5.13 Å². The van der Waals surface area contributed by atoms with Crippen LogP contribution in [0.25, 0.3) is 11.3 Å². The van der Waals surface area contributed by atoms with Crippen molar-refractivity contribution in [2.24, 2.45) is 0 Å². The summed E-state index contributed by atoms with van der Waals surface area (Å²) in [4.78, 5) is 17.8. The largest absolute Gasteiger partial charge is 0.298 e. The topological polar surface area (TPSA) is 59.8 Å². The van der Waals surface area contributed by atoms with E-state index in [9.17, 15) is 4.79 Å². The van der Waals surface area contributed by atoms with Crippen molar-refractivity contribution in [2.75, 3.05) is 5.32 Å². The maximum atomic E-state index is 12.2. The van der Waals surface area contributed by atoms with E-state index in [4.69, 9.17) is 0 Å². The van der Waals surface area contributed by atoms with Gasteiger partial charge in [-0.15, -0.1) is 11.3 Å². The molecular weight excluding hydrogens is 376 g/mol. The van der Waals surface area contributed by atoms with Crippen LogP contribution in [0, 0.1) is 6.92 Å². The predicted molar refractivity (Wildman–Crippen MR) is 95.8 cm³/mol. The molecule has 23 heavy (non-hydrogen) atoms. The number of hydrogen-bond acceptors (Lipinski definition) is 4. The number of thiazole rings is 1. The highest BCUT2D eigenvalue weighted by Gasteiger charge is 2.14. The van der Waals surface area contributed by atoms with E-state index in [2.05, 4.69) is 31.3 Å². The van der Waals surface area contributed by atoms with Crippen molar-refractivity contribution in [1.82, 2.24) is 14.8 Å². The minimum Gasteiger partial charge on any atom is -0.298 e. The smallest absolute Gasteiger partial charge is 0.260 e. The van der Waals surface area contributed by atoms with Gasteiger partial charge in [-0.25, -0.2) is 4.98 Å². The van der Waals surface area contributed by atoms with E-state index in [1.54, 1.807) is 17.1 Å². The van der Waals surface area contributed by atoms with Crippen LogP contribution >= 0.6 is 27.3 Å². The van der Waals surface area contributed by atoms with Crippen molar-refractivity contribution in [3.63, 3.8) is 0 Å². The zero-order valence-electron chi connectivity index (χ0n) is 12.7. The normalized spacial score (nSPS) is 10.7. The highest BCUT2D eigenvalue weighted by molar-refractivity contribution is 9.10. The van der Waals surface area contributed by atoms with E-state index in [1.807, 2.05) is 38.1 Å². The van der Waals surface area contributed by atoms with Crippen LogP contribution in [0.15, 0.2) is 41.1 Å². The third-order valence-electron chi connectivity index (χ3n) is 3.35. The molecule has 0 unspecified atom stereocenters. The molecule has 0 radical (unpaired) electrons. The predicted octanol–water partition coefficient (Wildman–Crippen LogP) is 4.35. The van der Waals surface area contributed by atoms with Crippen molar-refractivity contribution >= 4 is 38.3 Å². The number of hydrogen-bond donors (Lipinski definition) is 1. The average molecular weight is 391 g/mol. The Balaban J connectivity index is 1.80. The first-order valence-electron chi connectivity index (χ1n) is 7.14. The number of nitrogens with one attached hydrogen (secondary N) is 1. The first kappa shape index (κ1) is 15.9. The van der Waals surface area contributed by atoms with Gasteiger partial charge in [-0.2, -0.15) is 5.10 Å². The Kier molecular flexibility index (Phi) is 4.58. The molecule has 0 atom stereocenters. The molecule has 3 aromatic rings. The minimum absolute atomic E-state index is 0.194. The van der Waals surface area contributed by atoms with Gasteiger partial charge in [-0.05, 0) is 26.0 Å². The molecule has 1 amide bonds. The SMILES string of the molecule is CCn1cc(C(=O)Nc2nc(-c3ccc(Br)cc3)c(C)s2)cn1. The van der Waals surface area contributed by atoms with Gasteiger partial charge < -0.3 is 0 Å². The Hall–Kier alpha value is -1.99. The average Bonchev–Trinajstić information content (AvgIpc) is 3.15. The fraction of sp³-hybridized carbons (Fsp3) is 0.188. The molecule has 3 rings (SSSR count). The molecule has 118 valence electrons. The second-order valence-corrected chi connectivity index (χ2v) is 7.09. The van der Waals surface area contributed by atoms with E-state index in [1.165, 1.54) is 11.3 Å². The van der Waals surface area contributed by atoms with Crippen molar-refractivity contribution in [2.45, 2.75) is 20.4 Å². The van der Waals surface area contributed by atoms with Gasteiger partial charge in [0, 0.05) is 27.7 Å². The molecule has 0 bridgehead atoms. The molecule has 7 heteroatoms. The number of carbonyl (C=O) groups is 1. The zero-order valence-corrected chi connectivity index (χ0v) is 15.1. The van der Waals surface area contributed by atoms with Crippen molar-refractivity contribution in [1.29, 1.82) is 0 Å². The molecule has 0 saturated carbocycles. The van der Waals surface area contributed by atoms with Gasteiger partial charge in [-0.1, -0.05) is 28.1 Å². The van der Waals surface area contributed by atoms with Gasteiger partial charge in [-0.3, -0.25) is 14.8 Å². The lowest BCUT2D eigenvalue weighted by atomic mass is 10.1. The summed E-state index contributed by atoms with van der Waals surface area (Å²) in [6, 6.07) is 7.96. The lowest BCUT2D eigenvalue weighted by Crippen LogP contribution is -2.10. The van der Waals surface area contributed by atoms with Gasteiger partial charge in [0.1, 0.15) is 0 Å². The maximum Gasteiger partial charge on any atom is 0.260 e. The zero-order chi connectivity index (χ0) is 16.4.